The summed E-state index contributed by atoms with van der Waals surface area (Å²) in [6, 6.07) is 68.7. The molecule has 0 bridgehead atoms. The van der Waals surface area contributed by atoms with Crippen LogP contribution in [0.4, 0.5) is 0 Å². The molecular weight excluding hydrogens is 729 g/mol. The van der Waals surface area contributed by atoms with Gasteiger partial charge in [0.05, 0.1) is 5.69 Å². The van der Waals surface area contributed by atoms with Gasteiger partial charge in [-0.05, 0) is 116 Å². The first-order chi connectivity index (χ1) is 29.7. The van der Waals surface area contributed by atoms with Gasteiger partial charge in [-0.15, -0.1) is 0 Å². The van der Waals surface area contributed by atoms with E-state index in [1.54, 1.807) is 0 Å². The highest BCUT2D eigenvalue weighted by Gasteiger charge is 2.17. The molecule has 0 radical (unpaired) electrons. The second-order valence-corrected chi connectivity index (χ2v) is 15.4. The Morgan fingerprint density at radius 2 is 0.850 bits per heavy atom. The van der Waals surface area contributed by atoms with Gasteiger partial charge in [-0.3, -0.25) is 4.98 Å². The third kappa shape index (κ3) is 6.74. The summed E-state index contributed by atoms with van der Waals surface area (Å²) < 4.78 is 0. The molecule has 0 atom stereocenters. The van der Waals surface area contributed by atoms with Crippen molar-refractivity contribution in [1.82, 2.24) is 19.9 Å². The average molecular weight is 767 g/mol. The largest absolute Gasteiger partial charge is 0.252 e. The van der Waals surface area contributed by atoms with E-state index in [9.17, 15) is 0 Å². The second-order valence-electron chi connectivity index (χ2n) is 15.4. The Hall–Kier alpha value is -7.82. The predicted molar refractivity (Wildman–Crippen MR) is 248 cm³/mol. The fourth-order valence-electron chi connectivity index (χ4n) is 8.50. The zero-order valence-corrected chi connectivity index (χ0v) is 32.8. The zero-order chi connectivity index (χ0) is 39.8. The van der Waals surface area contributed by atoms with Crippen LogP contribution >= 0.6 is 0 Å². The molecule has 1 aliphatic carbocycles. The minimum atomic E-state index is 0.614. The van der Waals surface area contributed by atoms with Gasteiger partial charge in [0.25, 0.3) is 0 Å². The van der Waals surface area contributed by atoms with E-state index < -0.39 is 0 Å². The van der Waals surface area contributed by atoms with E-state index in [1.165, 1.54) is 32.7 Å². The number of allylic oxidation sites excluding steroid dienone is 1. The summed E-state index contributed by atoms with van der Waals surface area (Å²) in [6.07, 6.45) is 6.39. The number of rotatable bonds is 7. The van der Waals surface area contributed by atoms with Gasteiger partial charge in [0.2, 0.25) is 0 Å². The number of aryl methyl sites for hydroxylation is 1. The third-order valence-corrected chi connectivity index (χ3v) is 11.5. The van der Waals surface area contributed by atoms with Gasteiger partial charge in [-0.2, -0.15) is 0 Å². The Labute approximate surface area is 349 Å². The molecule has 60 heavy (non-hydrogen) atoms. The molecule has 11 rings (SSSR count). The first-order valence-corrected chi connectivity index (χ1v) is 20.5. The third-order valence-electron chi connectivity index (χ3n) is 11.5. The lowest BCUT2D eigenvalue weighted by atomic mass is 9.90. The molecule has 1 aliphatic rings. The van der Waals surface area contributed by atoms with Crippen molar-refractivity contribution in [3.05, 3.63) is 211 Å². The summed E-state index contributed by atoms with van der Waals surface area (Å²) in [5, 5.41) is 4.97. The second kappa shape index (κ2) is 15.2. The molecule has 2 aromatic heterocycles. The molecule has 0 unspecified atom stereocenters. The number of fused-ring (bicyclic) bond motifs is 4. The highest BCUT2D eigenvalue weighted by atomic mass is 15.0. The van der Waals surface area contributed by atoms with E-state index in [0.717, 1.165) is 74.3 Å². The fraction of sp³-hybridized carbons (Fsp3) is 0.0357. The van der Waals surface area contributed by atoms with E-state index in [0.29, 0.717) is 17.5 Å². The Bertz CT molecular complexity index is 3200. The van der Waals surface area contributed by atoms with Crippen LogP contribution in [0.15, 0.2) is 200 Å². The lowest BCUT2D eigenvalue weighted by Crippen LogP contribution is -2.00. The Balaban J connectivity index is 1.10. The minimum absolute atomic E-state index is 0.614. The summed E-state index contributed by atoms with van der Waals surface area (Å²) >= 11 is 0. The molecule has 0 spiro atoms. The van der Waals surface area contributed by atoms with E-state index >= 15 is 0 Å². The maximum absolute atomic E-state index is 5.17. The minimum Gasteiger partial charge on any atom is -0.252 e. The standard InChI is InChI=1S/C56H38N4/c1-3-16-38(17-4-1)54-58-55(39-18-5-2-6-19-39)60-56(59-54)47-34-45(33-46(35-47)41-22-14-24-44(32-41)53-30-29-37-15-8-12-28-52(37)57-53)40-21-13-23-42(31-40)51-36-43-20-7-9-25-48(43)49-26-10-11-27-50(49)51/h1-11,13-27,29-36H,12,28H2. The molecule has 0 N–H and O–H groups in total. The average Bonchev–Trinajstić information content (AvgIpc) is 3.34. The van der Waals surface area contributed by atoms with Gasteiger partial charge in [0.1, 0.15) is 0 Å². The highest BCUT2D eigenvalue weighted by Crippen LogP contribution is 2.39. The molecule has 0 amide bonds. The van der Waals surface area contributed by atoms with Crippen LogP contribution in [0.5, 0.6) is 0 Å². The smallest absolute Gasteiger partial charge is 0.164 e. The number of nitrogens with zero attached hydrogens (tertiary/aromatic N) is 4. The summed E-state index contributed by atoms with van der Waals surface area (Å²) in [5.74, 6) is 1.88. The molecule has 0 aliphatic heterocycles. The van der Waals surface area contributed by atoms with Crippen LogP contribution in [0.25, 0.3) is 106 Å². The molecular formula is C56H38N4. The predicted octanol–water partition coefficient (Wildman–Crippen LogP) is 14.2. The van der Waals surface area contributed by atoms with Crippen molar-refractivity contribution in [2.75, 3.05) is 0 Å². The van der Waals surface area contributed by atoms with Gasteiger partial charge in [0, 0.05) is 27.9 Å². The monoisotopic (exact) mass is 766 g/mol. The van der Waals surface area contributed by atoms with Gasteiger partial charge in [0.15, 0.2) is 17.5 Å². The normalized spacial score (nSPS) is 12.1. The lowest BCUT2D eigenvalue weighted by molar-refractivity contribution is 0.929. The number of benzene rings is 8. The van der Waals surface area contributed by atoms with Crippen molar-refractivity contribution in [3.63, 3.8) is 0 Å². The van der Waals surface area contributed by atoms with Crippen LogP contribution in [0.3, 0.4) is 0 Å². The first kappa shape index (κ1) is 35.4. The zero-order valence-electron chi connectivity index (χ0n) is 32.8. The van der Waals surface area contributed by atoms with Crippen molar-refractivity contribution in [2.24, 2.45) is 0 Å². The molecule has 0 saturated carbocycles. The molecule has 0 fully saturated rings. The summed E-state index contributed by atoms with van der Waals surface area (Å²) in [7, 11) is 0. The van der Waals surface area contributed by atoms with Crippen molar-refractivity contribution in [3.8, 4) is 78.8 Å². The first-order valence-electron chi connectivity index (χ1n) is 20.5. The van der Waals surface area contributed by atoms with Crippen LogP contribution in [-0.4, -0.2) is 19.9 Å². The van der Waals surface area contributed by atoms with Gasteiger partial charge in [-0.1, -0.05) is 164 Å². The Kier molecular flexibility index (Phi) is 8.94. The fourth-order valence-corrected chi connectivity index (χ4v) is 8.50. The molecule has 8 aromatic carbocycles. The van der Waals surface area contributed by atoms with Crippen molar-refractivity contribution in [1.29, 1.82) is 0 Å². The van der Waals surface area contributed by atoms with Gasteiger partial charge < -0.3 is 0 Å². The number of hydrogen-bond acceptors (Lipinski definition) is 4. The van der Waals surface area contributed by atoms with E-state index in [1.807, 2.05) is 60.7 Å². The highest BCUT2D eigenvalue weighted by molar-refractivity contribution is 6.13. The van der Waals surface area contributed by atoms with Crippen LogP contribution in [-0.2, 0) is 6.42 Å². The maximum atomic E-state index is 5.17. The van der Waals surface area contributed by atoms with E-state index in [4.69, 9.17) is 19.9 Å². The lowest BCUT2D eigenvalue weighted by Gasteiger charge is -2.15. The number of pyridine rings is 1. The van der Waals surface area contributed by atoms with Crippen LogP contribution < -0.4 is 0 Å². The van der Waals surface area contributed by atoms with Gasteiger partial charge in [-0.25, -0.2) is 15.0 Å². The molecule has 2 heterocycles. The molecule has 0 saturated heterocycles. The van der Waals surface area contributed by atoms with Crippen molar-refractivity contribution >= 4 is 27.6 Å². The van der Waals surface area contributed by atoms with Gasteiger partial charge >= 0.3 is 0 Å². The van der Waals surface area contributed by atoms with Crippen molar-refractivity contribution < 1.29 is 0 Å². The summed E-state index contributed by atoms with van der Waals surface area (Å²) in [4.78, 5) is 20.5. The molecule has 4 nitrogen and oxygen atoms in total. The topological polar surface area (TPSA) is 51.6 Å². The Morgan fingerprint density at radius 1 is 0.333 bits per heavy atom. The SMILES string of the molecule is C1=Cc2ccc(-c3cccc(-c4cc(-c5cccc(-c6cc7ccccc7c7ccccc67)c5)cc(-c5nc(-c6ccccc6)nc(-c6ccccc6)n5)c4)c3)nc2CC1. The summed E-state index contributed by atoms with van der Waals surface area (Å²) in [5.41, 5.74) is 13.9. The number of hydrogen-bond donors (Lipinski definition) is 0. The van der Waals surface area contributed by atoms with E-state index in [2.05, 4.69) is 146 Å². The van der Waals surface area contributed by atoms with Crippen LogP contribution in [0.1, 0.15) is 17.7 Å². The molecule has 282 valence electrons. The van der Waals surface area contributed by atoms with Crippen LogP contribution in [0, 0.1) is 0 Å². The molecule has 4 heteroatoms. The number of aromatic nitrogens is 4. The van der Waals surface area contributed by atoms with E-state index in [-0.39, 0.29) is 0 Å². The Morgan fingerprint density at radius 3 is 1.55 bits per heavy atom. The summed E-state index contributed by atoms with van der Waals surface area (Å²) in [6.45, 7) is 0. The van der Waals surface area contributed by atoms with Crippen molar-refractivity contribution in [2.45, 2.75) is 12.8 Å². The maximum Gasteiger partial charge on any atom is 0.164 e. The molecule has 10 aromatic rings. The quantitative estimate of drug-likeness (QED) is 0.152. The van der Waals surface area contributed by atoms with Crippen LogP contribution in [0.2, 0.25) is 0 Å².